The third-order valence-corrected chi connectivity index (χ3v) is 6.58. The maximum absolute atomic E-state index is 12.6. The number of carbonyl (C=O) groups excluding carboxylic acids is 1. The van der Waals surface area contributed by atoms with E-state index in [2.05, 4.69) is 57.3 Å². The van der Waals surface area contributed by atoms with Crippen LogP contribution in [0.4, 0.5) is 0 Å². The number of piperidine rings is 1. The summed E-state index contributed by atoms with van der Waals surface area (Å²) in [5, 5.41) is 8.77. The number of halogens is 2. The number of hydrogen-bond acceptors (Lipinski definition) is 4. The Kier molecular flexibility index (Phi) is 9.25. The standard InChI is InChI=1S/C21H27N3OS.2ClH/c25-21(18-8-4-5-11-22-18)23-14-19(16-6-2-1-3-7-16)24-12-9-20-17(15-24)10-13-26-20;;/h1-3,6-7,10,13,18-19,22H,4-5,8-9,11-12,14-15H2,(H,23,25);2*1H. The zero-order chi connectivity index (χ0) is 17.8. The Morgan fingerprint density at radius 1 is 1.21 bits per heavy atom. The zero-order valence-electron chi connectivity index (χ0n) is 15.9. The summed E-state index contributed by atoms with van der Waals surface area (Å²) >= 11 is 1.87. The van der Waals surface area contributed by atoms with Gasteiger partial charge in [0.1, 0.15) is 0 Å². The lowest BCUT2D eigenvalue weighted by Gasteiger charge is -2.35. The summed E-state index contributed by atoms with van der Waals surface area (Å²) < 4.78 is 0. The van der Waals surface area contributed by atoms with Crippen LogP contribution in [0.2, 0.25) is 0 Å². The van der Waals surface area contributed by atoms with Crippen LogP contribution >= 0.6 is 36.2 Å². The van der Waals surface area contributed by atoms with Crippen LogP contribution in [0.25, 0.3) is 0 Å². The summed E-state index contributed by atoms with van der Waals surface area (Å²) in [6.07, 6.45) is 4.37. The van der Waals surface area contributed by atoms with Gasteiger partial charge in [0.05, 0.1) is 12.1 Å². The molecular weight excluding hydrogens is 413 g/mol. The first-order valence-electron chi connectivity index (χ1n) is 9.66. The molecule has 1 amide bonds. The van der Waals surface area contributed by atoms with E-state index < -0.39 is 0 Å². The van der Waals surface area contributed by atoms with Crippen LogP contribution in [-0.4, -0.2) is 36.5 Å². The fourth-order valence-corrected chi connectivity index (χ4v) is 4.96. The average molecular weight is 442 g/mol. The first kappa shape index (κ1) is 23.2. The molecule has 2 aliphatic rings. The van der Waals surface area contributed by atoms with Gasteiger partial charge in [-0.3, -0.25) is 9.69 Å². The highest BCUT2D eigenvalue weighted by Crippen LogP contribution is 2.30. The van der Waals surface area contributed by atoms with Gasteiger partial charge >= 0.3 is 0 Å². The van der Waals surface area contributed by atoms with Gasteiger partial charge in [0, 0.05) is 24.5 Å². The number of fused-ring (bicyclic) bond motifs is 1. The van der Waals surface area contributed by atoms with Gasteiger partial charge in [-0.2, -0.15) is 0 Å². The predicted octanol–water partition coefficient (Wildman–Crippen LogP) is 3.95. The van der Waals surface area contributed by atoms with Gasteiger partial charge in [0.25, 0.3) is 0 Å². The van der Waals surface area contributed by atoms with Crippen LogP contribution in [0.3, 0.4) is 0 Å². The maximum Gasteiger partial charge on any atom is 0.237 e. The van der Waals surface area contributed by atoms with Gasteiger partial charge in [-0.1, -0.05) is 36.8 Å². The van der Waals surface area contributed by atoms with Gasteiger partial charge in [-0.25, -0.2) is 0 Å². The highest BCUT2D eigenvalue weighted by Gasteiger charge is 2.27. The lowest BCUT2D eigenvalue weighted by molar-refractivity contribution is -0.123. The SMILES string of the molecule is Cl.Cl.O=C(NCC(c1ccccc1)N1CCc2sccc2C1)C1CCCCN1. The number of amides is 1. The van der Waals surface area contributed by atoms with E-state index in [0.717, 1.165) is 38.9 Å². The van der Waals surface area contributed by atoms with Crippen molar-refractivity contribution in [1.29, 1.82) is 0 Å². The second-order valence-electron chi connectivity index (χ2n) is 7.26. The summed E-state index contributed by atoms with van der Waals surface area (Å²) in [5.41, 5.74) is 2.73. The van der Waals surface area contributed by atoms with E-state index >= 15 is 0 Å². The number of rotatable bonds is 5. The highest BCUT2D eigenvalue weighted by molar-refractivity contribution is 7.10. The van der Waals surface area contributed by atoms with Crippen LogP contribution in [0.1, 0.15) is 41.3 Å². The Morgan fingerprint density at radius 3 is 2.79 bits per heavy atom. The van der Waals surface area contributed by atoms with E-state index in [4.69, 9.17) is 0 Å². The van der Waals surface area contributed by atoms with E-state index in [0.29, 0.717) is 6.54 Å². The van der Waals surface area contributed by atoms with Gasteiger partial charge in [-0.15, -0.1) is 36.2 Å². The fraction of sp³-hybridized carbons (Fsp3) is 0.476. The van der Waals surface area contributed by atoms with E-state index in [1.807, 2.05) is 11.3 Å². The molecule has 2 aliphatic heterocycles. The van der Waals surface area contributed by atoms with Crippen molar-refractivity contribution < 1.29 is 4.79 Å². The third kappa shape index (κ3) is 5.49. The van der Waals surface area contributed by atoms with Crippen molar-refractivity contribution in [3.05, 3.63) is 57.8 Å². The molecule has 0 spiro atoms. The molecule has 1 fully saturated rings. The van der Waals surface area contributed by atoms with Crippen LogP contribution in [0.5, 0.6) is 0 Å². The van der Waals surface area contributed by atoms with Crippen molar-refractivity contribution >= 4 is 42.1 Å². The molecule has 4 rings (SSSR count). The average Bonchev–Trinajstić information content (AvgIpc) is 3.17. The van der Waals surface area contributed by atoms with Crippen LogP contribution in [-0.2, 0) is 17.8 Å². The highest BCUT2D eigenvalue weighted by atomic mass is 35.5. The van der Waals surface area contributed by atoms with Gasteiger partial charge < -0.3 is 10.6 Å². The van der Waals surface area contributed by atoms with Gasteiger partial charge in [-0.05, 0) is 48.4 Å². The molecule has 0 radical (unpaired) electrons. The molecule has 0 aliphatic carbocycles. The van der Waals surface area contributed by atoms with E-state index in [1.54, 1.807) is 0 Å². The van der Waals surface area contributed by atoms with Crippen molar-refractivity contribution in [2.45, 2.75) is 44.3 Å². The summed E-state index contributed by atoms with van der Waals surface area (Å²) in [7, 11) is 0. The molecule has 154 valence electrons. The normalized spacial score (nSPS) is 20.2. The Hall–Kier alpha value is -1.11. The Balaban J connectivity index is 0.00000140. The van der Waals surface area contributed by atoms with Gasteiger partial charge in [0.2, 0.25) is 5.91 Å². The van der Waals surface area contributed by atoms with Crippen molar-refractivity contribution in [3.8, 4) is 0 Å². The second-order valence-corrected chi connectivity index (χ2v) is 8.26. The largest absolute Gasteiger partial charge is 0.353 e. The number of nitrogens with zero attached hydrogens (tertiary/aromatic N) is 1. The summed E-state index contributed by atoms with van der Waals surface area (Å²) in [6.45, 7) is 3.63. The molecular formula is C21H29Cl2N3OS. The minimum Gasteiger partial charge on any atom is -0.353 e. The number of benzene rings is 1. The van der Waals surface area contributed by atoms with Crippen molar-refractivity contribution in [3.63, 3.8) is 0 Å². The number of carbonyl (C=O) groups is 1. The molecule has 2 aromatic rings. The molecule has 1 aromatic carbocycles. The van der Waals surface area contributed by atoms with E-state index in [-0.39, 0.29) is 42.8 Å². The summed E-state index contributed by atoms with van der Waals surface area (Å²) in [4.78, 5) is 16.6. The smallest absolute Gasteiger partial charge is 0.237 e. The van der Waals surface area contributed by atoms with E-state index in [1.165, 1.54) is 22.4 Å². The molecule has 0 saturated carbocycles. The quantitative estimate of drug-likeness (QED) is 0.737. The van der Waals surface area contributed by atoms with Crippen LogP contribution in [0, 0.1) is 0 Å². The van der Waals surface area contributed by atoms with Crippen molar-refractivity contribution in [1.82, 2.24) is 15.5 Å². The molecule has 28 heavy (non-hydrogen) atoms. The predicted molar refractivity (Wildman–Crippen MR) is 121 cm³/mol. The van der Waals surface area contributed by atoms with Gasteiger partial charge in [0.15, 0.2) is 0 Å². The molecule has 2 unspecified atom stereocenters. The fourth-order valence-electron chi connectivity index (χ4n) is 4.07. The Labute approximate surface area is 183 Å². The molecule has 7 heteroatoms. The second kappa shape index (κ2) is 11.2. The lowest BCUT2D eigenvalue weighted by Crippen LogP contribution is -2.49. The Morgan fingerprint density at radius 2 is 2.04 bits per heavy atom. The topological polar surface area (TPSA) is 44.4 Å². The summed E-state index contributed by atoms with van der Waals surface area (Å²) in [6, 6.07) is 13.0. The molecule has 3 heterocycles. The number of thiophene rings is 1. The molecule has 2 atom stereocenters. The number of hydrogen-bond donors (Lipinski definition) is 2. The summed E-state index contributed by atoms with van der Waals surface area (Å²) in [5.74, 6) is 0.152. The molecule has 4 nitrogen and oxygen atoms in total. The van der Waals surface area contributed by atoms with Crippen LogP contribution < -0.4 is 10.6 Å². The number of nitrogens with one attached hydrogen (secondary N) is 2. The lowest BCUT2D eigenvalue weighted by atomic mass is 10.0. The Bertz CT molecular complexity index is 734. The van der Waals surface area contributed by atoms with Crippen LogP contribution in [0.15, 0.2) is 41.8 Å². The minimum atomic E-state index is -0.0231. The molecule has 0 bridgehead atoms. The molecule has 1 saturated heterocycles. The minimum absolute atomic E-state index is 0. The monoisotopic (exact) mass is 441 g/mol. The third-order valence-electron chi connectivity index (χ3n) is 5.56. The maximum atomic E-state index is 12.6. The van der Waals surface area contributed by atoms with Crippen molar-refractivity contribution in [2.24, 2.45) is 0 Å². The molecule has 2 N–H and O–H groups in total. The van der Waals surface area contributed by atoms with E-state index in [9.17, 15) is 4.79 Å². The molecule has 1 aromatic heterocycles. The van der Waals surface area contributed by atoms with Crippen molar-refractivity contribution in [2.75, 3.05) is 19.6 Å². The first-order valence-corrected chi connectivity index (χ1v) is 10.5. The first-order chi connectivity index (χ1) is 12.8. The zero-order valence-corrected chi connectivity index (χ0v) is 18.4.